The summed E-state index contributed by atoms with van der Waals surface area (Å²) in [5.41, 5.74) is 3.29. The van der Waals surface area contributed by atoms with Crippen molar-refractivity contribution >= 4 is 39.7 Å². The molecule has 0 unspecified atom stereocenters. The fourth-order valence-corrected chi connectivity index (χ4v) is 3.89. The summed E-state index contributed by atoms with van der Waals surface area (Å²) in [4.78, 5) is 15.6. The van der Waals surface area contributed by atoms with E-state index < -0.39 is 0 Å². The normalized spacial score (nSPS) is 11.1. The molecule has 0 fully saturated rings. The smallest absolute Gasteiger partial charge is 0.330 e. The number of nitrogens with zero attached hydrogens (tertiary/aromatic N) is 1. The summed E-state index contributed by atoms with van der Waals surface area (Å²) in [6.45, 7) is 6.58. The molecule has 3 aromatic rings. The number of para-hydroxylation sites is 1. The van der Waals surface area contributed by atoms with Crippen LogP contribution in [0.3, 0.4) is 0 Å². The molecule has 0 saturated heterocycles. The van der Waals surface area contributed by atoms with Gasteiger partial charge in [-0.1, -0.05) is 30.3 Å². The Hall–Kier alpha value is -2.92. The molecular weight excluding hydrogens is 394 g/mol. The van der Waals surface area contributed by atoms with E-state index in [1.54, 1.807) is 11.3 Å². The largest absolute Gasteiger partial charge is 0.493 e. The molecule has 0 aliphatic heterocycles. The van der Waals surface area contributed by atoms with Gasteiger partial charge in [-0.25, -0.2) is 9.78 Å². The van der Waals surface area contributed by atoms with Crippen LogP contribution in [-0.2, 0) is 9.53 Å². The molecule has 0 bridgehead atoms. The summed E-state index contributed by atoms with van der Waals surface area (Å²) in [6, 6.07) is 14.4. The number of thiazole rings is 1. The minimum Gasteiger partial charge on any atom is -0.493 e. The fraction of sp³-hybridized carbons (Fsp3) is 0.280. The van der Waals surface area contributed by atoms with Gasteiger partial charge in [0.05, 0.1) is 23.4 Å². The second kappa shape index (κ2) is 11.3. The van der Waals surface area contributed by atoms with Gasteiger partial charge in [0.1, 0.15) is 10.8 Å². The molecule has 156 valence electrons. The van der Waals surface area contributed by atoms with E-state index in [1.807, 2.05) is 24.3 Å². The summed E-state index contributed by atoms with van der Waals surface area (Å²) in [5.74, 6) is 0.530. The topological polar surface area (TPSA) is 48.4 Å². The van der Waals surface area contributed by atoms with Gasteiger partial charge in [-0.15, -0.1) is 11.3 Å². The average molecular weight is 422 g/mol. The zero-order valence-electron chi connectivity index (χ0n) is 17.3. The standard InChI is InChI=1S/C25H27NO3S/c1-3-25(27)29-17-9-5-4-8-16-28-22-14-12-19(2)18-20(22)13-15-24-26-21-10-6-7-11-23(21)30-24/h3,6-7,10-15,18H,1,4-5,8-9,16-17H2,2H3/b15-13+. The Morgan fingerprint density at radius 2 is 1.87 bits per heavy atom. The molecule has 2 aromatic carbocycles. The van der Waals surface area contributed by atoms with E-state index in [1.165, 1.54) is 16.3 Å². The van der Waals surface area contributed by atoms with Crippen LogP contribution in [0.15, 0.2) is 55.1 Å². The number of ether oxygens (including phenoxy) is 2. The first kappa shape index (κ1) is 21.8. The lowest BCUT2D eigenvalue weighted by Gasteiger charge is -2.10. The van der Waals surface area contributed by atoms with Crippen LogP contribution in [0.4, 0.5) is 0 Å². The Bertz CT molecular complexity index is 989. The molecule has 0 saturated carbocycles. The van der Waals surface area contributed by atoms with E-state index in [2.05, 4.69) is 48.8 Å². The average Bonchev–Trinajstić information content (AvgIpc) is 3.18. The number of hydrogen-bond donors (Lipinski definition) is 0. The lowest BCUT2D eigenvalue weighted by atomic mass is 10.1. The monoisotopic (exact) mass is 421 g/mol. The van der Waals surface area contributed by atoms with Crippen molar-refractivity contribution < 1.29 is 14.3 Å². The minimum absolute atomic E-state index is 0.357. The third-order valence-corrected chi connectivity index (χ3v) is 5.59. The van der Waals surface area contributed by atoms with Gasteiger partial charge in [-0.05, 0) is 69.0 Å². The Morgan fingerprint density at radius 1 is 1.07 bits per heavy atom. The number of unbranched alkanes of at least 4 members (excludes halogenated alkanes) is 3. The number of fused-ring (bicyclic) bond motifs is 1. The van der Waals surface area contributed by atoms with Gasteiger partial charge >= 0.3 is 5.97 Å². The Balaban J connectivity index is 1.50. The first-order valence-electron chi connectivity index (χ1n) is 10.2. The van der Waals surface area contributed by atoms with Crippen LogP contribution in [0.1, 0.15) is 41.8 Å². The number of rotatable bonds is 11. The summed E-state index contributed by atoms with van der Waals surface area (Å²) in [6.07, 6.45) is 9.19. The molecule has 0 spiro atoms. The summed E-state index contributed by atoms with van der Waals surface area (Å²) >= 11 is 1.69. The van der Waals surface area contributed by atoms with E-state index in [0.29, 0.717) is 13.2 Å². The SMILES string of the molecule is C=CC(=O)OCCCCCCOc1ccc(C)cc1/C=C/c1nc2ccccc2s1. The maximum absolute atomic E-state index is 11.0. The molecule has 30 heavy (non-hydrogen) atoms. The van der Waals surface area contributed by atoms with Crippen molar-refractivity contribution in [2.45, 2.75) is 32.6 Å². The number of benzene rings is 2. The Labute approximate surface area is 181 Å². The Morgan fingerprint density at radius 3 is 2.67 bits per heavy atom. The number of carbonyl (C=O) groups is 1. The highest BCUT2D eigenvalue weighted by Gasteiger charge is 2.04. The predicted molar refractivity (Wildman–Crippen MR) is 125 cm³/mol. The van der Waals surface area contributed by atoms with Gasteiger partial charge in [0.25, 0.3) is 0 Å². The lowest BCUT2D eigenvalue weighted by Crippen LogP contribution is -2.02. The van der Waals surface area contributed by atoms with Crippen LogP contribution in [0.25, 0.3) is 22.4 Å². The van der Waals surface area contributed by atoms with Crippen molar-refractivity contribution in [1.82, 2.24) is 4.98 Å². The van der Waals surface area contributed by atoms with Crippen LogP contribution in [0, 0.1) is 6.92 Å². The third-order valence-electron chi connectivity index (χ3n) is 4.59. The molecule has 3 rings (SSSR count). The molecule has 0 aliphatic rings. The molecule has 4 nitrogen and oxygen atoms in total. The zero-order chi connectivity index (χ0) is 21.2. The van der Waals surface area contributed by atoms with Gasteiger partial charge in [0.15, 0.2) is 0 Å². The van der Waals surface area contributed by atoms with Gasteiger partial charge in [-0.3, -0.25) is 0 Å². The van der Waals surface area contributed by atoms with E-state index >= 15 is 0 Å². The molecule has 0 amide bonds. The molecular formula is C25H27NO3S. The van der Waals surface area contributed by atoms with Crippen molar-refractivity contribution in [3.05, 3.63) is 71.3 Å². The van der Waals surface area contributed by atoms with E-state index in [0.717, 1.165) is 47.5 Å². The summed E-state index contributed by atoms with van der Waals surface area (Å²) in [7, 11) is 0. The fourth-order valence-electron chi connectivity index (χ4n) is 3.02. The summed E-state index contributed by atoms with van der Waals surface area (Å²) in [5, 5.41) is 0.987. The second-order valence-electron chi connectivity index (χ2n) is 7.03. The van der Waals surface area contributed by atoms with Crippen molar-refractivity contribution in [2.24, 2.45) is 0 Å². The second-order valence-corrected chi connectivity index (χ2v) is 8.09. The Kier molecular flexibility index (Phi) is 8.21. The highest BCUT2D eigenvalue weighted by Crippen LogP contribution is 2.26. The van der Waals surface area contributed by atoms with E-state index in [-0.39, 0.29) is 5.97 Å². The van der Waals surface area contributed by atoms with Crippen molar-refractivity contribution in [2.75, 3.05) is 13.2 Å². The molecule has 0 aliphatic carbocycles. The van der Waals surface area contributed by atoms with E-state index in [9.17, 15) is 4.79 Å². The maximum Gasteiger partial charge on any atom is 0.330 e. The highest BCUT2D eigenvalue weighted by molar-refractivity contribution is 7.19. The van der Waals surface area contributed by atoms with Crippen molar-refractivity contribution in [3.8, 4) is 5.75 Å². The van der Waals surface area contributed by atoms with Crippen LogP contribution >= 0.6 is 11.3 Å². The maximum atomic E-state index is 11.0. The first-order chi connectivity index (χ1) is 14.7. The number of hydrogen-bond acceptors (Lipinski definition) is 5. The van der Waals surface area contributed by atoms with Crippen LogP contribution in [0.2, 0.25) is 0 Å². The third kappa shape index (κ3) is 6.56. The van der Waals surface area contributed by atoms with Gasteiger partial charge < -0.3 is 9.47 Å². The minimum atomic E-state index is -0.357. The van der Waals surface area contributed by atoms with Crippen LogP contribution < -0.4 is 4.74 Å². The predicted octanol–water partition coefficient (Wildman–Crippen LogP) is 6.44. The quantitative estimate of drug-likeness (QED) is 0.203. The lowest BCUT2D eigenvalue weighted by molar-refractivity contribution is -0.137. The number of esters is 1. The highest BCUT2D eigenvalue weighted by atomic mass is 32.1. The zero-order valence-corrected chi connectivity index (χ0v) is 18.1. The van der Waals surface area contributed by atoms with Crippen molar-refractivity contribution in [3.63, 3.8) is 0 Å². The van der Waals surface area contributed by atoms with Gasteiger partial charge in [-0.2, -0.15) is 0 Å². The van der Waals surface area contributed by atoms with Crippen LogP contribution in [0.5, 0.6) is 5.75 Å². The molecule has 1 aromatic heterocycles. The number of aryl methyl sites for hydroxylation is 1. The van der Waals surface area contributed by atoms with Gasteiger partial charge in [0.2, 0.25) is 0 Å². The van der Waals surface area contributed by atoms with E-state index in [4.69, 9.17) is 9.47 Å². The summed E-state index contributed by atoms with van der Waals surface area (Å²) < 4.78 is 12.2. The number of carbonyl (C=O) groups excluding carboxylic acids is 1. The molecule has 0 N–H and O–H groups in total. The molecule has 1 heterocycles. The number of aromatic nitrogens is 1. The molecule has 0 atom stereocenters. The van der Waals surface area contributed by atoms with Crippen LogP contribution in [-0.4, -0.2) is 24.2 Å². The molecule has 5 heteroatoms. The first-order valence-corrected chi connectivity index (χ1v) is 11.0. The molecule has 0 radical (unpaired) electrons. The van der Waals surface area contributed by atoms with Crippen molar-refractivity contribution in [1.29, 1.82) is 0 Å². The van der Waals surface area contributed by atoms with Gasteiger partial charge in [0, 0.05) is 11.6 Å².